The molecule has 100 valence electrons. The van der Waals surface area contributed by atoms with Crippen molar-refractivity contribution in [2.75, 3.05) is 0 Å². The summed E-state index contributed by atoms with van der Waals surface area (Å²) in [6, 6.07) is 5.08. The molecule has 0 bridgehead atoms. The van der Waals surface area contributed by atoms with Crippen molar-refractivity contribution < 1.29 is 4.79 Å². The number of aromatic nitrogens is 1. The molecule has 1 aromatic rings. The van der Waals surface area contributed by atoms with Gasteiger partial charge in [-0.25, -0.2) is 0 Å². The lowest BCUT2D eigenvalue weighted by Crippen LogP contribution is -2.27. The Morgan fingerprint density at radius 1 is 1.50 bits per heavy atom. The minimum atomic E-state index is 0.175. The highest BCUT2D eigenvalue weighted by atomic mass is 16.1. The lowest BCUT2D eigenvalue weighted by molar-refractivity contribution is -0.121. The summed E-state index contributed by atoms with van der Waals surface area (Å²) < 4.78 is 2.15. The predicted molar refractivity (Wildman–Crippen MR) is 72.2 cm³/mol. The Balaban J connectivity index is 1.77. The molecule has 0 aliphatic heterocycles. The molecule has 1 fully saturated rings. The maximum absolute atomic E-state index is 11.6. The predicted octanol–water partition coefficient (Wildman–Crippen LogP) is 1.65. The van der Waals surface area contributed by atoms with Gasteiger partial charge in [-0.15, -0.1) is 0 Å². The van der Waals surface area contributed by atoms with E-state index in [0.29, 0.717) is 18.5 Å². The van der Waals surface area contributed by atoms with E-state index in [4.69, 9.17) is 0 Å². The van der Waals surface area contributed by atoms with Crippen molar-refractivity contribution >= 4 is 5.91 Å². The molecule has 0 spiro atoms. The third kappa shape index (κ3) is 4.18. The molecule has 4 nitrogen and oxygen atoms in total. The molecule has 1 aliphatic carbocycles. The van der Waals surface area contributed by atoms with Crippen molar-refractivity contribution in [2.45, 2.75) is 58.3 Å². The molecule has 18 heavy (non-hydrogen) atoms. The number of amides is 1. The first kappa shape index (κ1) is 13.1. The molecule has 4 heteroatoms. The van der Waals surface area contributed by atoms with Crippen LogP contribution < -0.4 is 10.6 Å². The lowest BCUT2D eigenvalue weighted by atomic mass is 10.3. The zero-order chi connectivity index (χ0) is 13.0. The molecule has 0 radical (unpaired) electrons. The van der Waals surface area contributed by atoms with Crippen molar-refractivity contribution in [1.29, 1.82) is 0 Å². The second-order valence-corrected chi connectivity index (χ2v) is 5.32. The summed E-state index contributed by atoms with van der Waals surface area (Å²) in [7, 11) is 0. The average Bonchev–Trinajstić information content (AvgIpc) is 3.01. The number of carbonyl (C=O) groups excluding carboxylic acids is 1. The molecule has 1 amide bonds. The van der Waals surface area contributed by atoms with Gasteiger partial charge in [-0.05, 0) is 25.0 Å². The number of rotatable bonds is 7. The van der Waals surface area contributed by atoms with Gasteiger partial charge in [0.25, 0.3) is 0 Å². The maximum atomic E-state index is 11.6. The van der Waals surface area contributed by atoms with Crippen LogP contribution in [-0.4, -0.2) is 22.6 Å². The van der Waals surface area contributed by atoms with E-state index in [1.54, 1.807) is 0 Å². The van der Waals surface area contributed by atoms with E-state index in [2.05, 4.69) is 35.1 Å². The molecule has 1 saturated carbocycles. The van der Waals surface area contributed by atoms with Crippen LogP contribution in [0, 0.1) is 0 Å². The van der Waals surface area contributed by atoms with E-state index in [9.17, 15) is 4.79 Å². The molecule has 0 unspecified atom stereocenters. The van der Waals surface area contributed by atoms with Crippen LogP contribution in [0.5, 0.6) is 0 Å². The van der Waals surface area contributed by atoms with Crippen molar-refractivity contribution in [3.63, 3.8) is 0 Å². The highest BCUT2D eigenvalue weighted by Crippen LogP contribution is 2.18. The number of nitrogens with zero attached hydrogens (tertiary/aromatic N) is 1. The fourth-order valence-corrected chi connectivity index (χ4v) is 1.89. The van der Waals surface area contributed by atoms with Gasteiger partial charge in [0.2, 0.25) is 5.91 Å². The van der Waals surface area contributed by atoms with Gasteiger partial charge in [-0.1, -0.05) is 13.8 Å². The summed E-state index contributed by atoms with van der Waals surface area (Å²) in [5.74, 6) is 0.175. The van der Waals surface area contributed by atoms with Crippen LogP contribution in [-0.2, 0) is 17.9 Å². The Morgan fingerprint density at radius 3 is 2.94 bits per heavy atom. The van der Waals surface area contributed by atoms with Crippen LogP contribution in [0.25, 0.3) is 0 Å². The molecule has 0 saturated heterocycles. The minimum absolute atomic E-state index is 0.175. The Labute approximate surface area is 109 Å². The molecule has 0 aromatic carbocycles. The average molecular weight is 249 g/mol. The van der Waals surface area contributed by atoms with Gasteiger partial charge >= 0.3 is 0 Å². The van der Waals surface area contributed by atoms with E-state index in [0.717, 1.165) is 25.9 Å². The van der Waals surface area contributed by atoms with Crippen LogP contribution in [0.1, 0.15) is 38.8 Å². The molecular weight excluding hydrogens is 226 g/mol. The molecular formula is C14H23N3O. The highest BCUT2D eigenvalue weighted by molar-refractivity contribution is 5.76. The van der Waals surface area contributed by atoms with Crippen molar-refractivity contribution in [2.24, 2.45) is 0 Å². The van der Waals surface area contributed by atoms with Crippen molar-refractivity contribution in [3.8, 4) is 0 Å². The van der Waals surface area contributed by atoms with Crippen LogP contribution in [0.15, 0.2) is 18.3 Å². The second kappa shape index (κ2) is 6.05. The third-order valence-corrected chi connectivity index (χ3v) is 3.14. The number of nitrogens with one attached hydrogen (secondary N) is 2. The Hall–Kier alpha value is -1.29. The van der Waals surface area contributed by atoms with Crippen molar-refractivity contribution in [1.82, 2.24) is 15.2 Å². The molecule has 1 heterocycles. The van der Waals surface area contributed by atoms with Gasteiger partial charge in [0.15, 0.2) is 0 Å². The van der Waals surface area contributed by atoms with Gasteiger partial charge in [-0.2, -0.15) is 0 Å². The van der Waals surface area contributed by atoms with E-state index in [-0.39, 0.29) is 5.91 Å². The summed E-state index contributed by atoms with van der Waals surface area (Å²) in [5.41, 5.74) is 1.24. The fourth-order valence-electron chi connectivity index (χ4n) is 1.89. The van der Waals surface area contributed by atoms with E-state index >= 15 is 0 Å². The van der Waals surface area contributed by atoms with Gasteiger partial charge in [-0.3, -0.25) is 4.79 Å². The van der Waals surface area contributed by atoms with Crippen LogP contribution in [0.2, 0.25) is 0 Å². The Morgan fingerprint density at radius 2 is 2.28 bits per heavy atom. The van der Waals surface area contributed by atoms with Gasteiger partial charge in [0.05, 0.1) is 0 Å². The van der Waals surface area contributed by atoms with Crippen LogP contribution >= 0.6 is 0 Å². The second-order valence-electron chi connectivity index (χ2n) is 5.32. The fraction of sp³-hybridized carbons (Fsp3) is 0.643. The molecule has 1 aromatic heterocycles. The topological polar surface area (TPSA) is 46.1 Å². The monoisotopic (exact) mass is 249 g/mol. The zero-order valence-corrected chi connectivity index (χ0v) is 11.3. The van der Waals surface area contributed by atoms with E-state index in [1.807, 2.05) is 12.3 Å². The SMILES string of the molecule is CC(C)NCc1cccn1CCC(=O)NC1CC1. The summed E-state index contributed by atoms with van der Waals surface area (Å²) in [6.07, 6.45) is 4.92. The molecule has 0 atom stereocenters. The van der Waals surface area contributed by atoms with E-state index in [1.165, 1.54) is 5.69 Å². The van der Waals surface area contributed by atoms with Gasteiger partial charge in [0, 0.05) is 43.5 Å². The standard InChI is InChI=1S/C14H23N3O/c1-11(2)15-10-13-4-3-8-17(13)9-7-14(18)16-12-5-6-12/h3-4,8,11-12,15H,5-7,9-10H2,1-2H3,(H,16,18). The smallest absolute Gasteiger partial charge is 0.222 e. The first-order chi connectivity index (χ1) is 8.65. The molecule has 2 rings (SSSR count). The normalized spacial score (nSPS) is 15.1. The number of hydrogen-bond acceptors (Lipinski definition) is 2. The summed E-state index contributed by atoms with van der Waals surface area (Å²) >= 11 is 0. The number of hydrogen-bond donors (Lipinski definition) is 2. The van der Waals surface area contributed by atoms with Crippen LogP contribution in [0.3, 0.4) is 0 Å². The van der Waals surface area contributed by atoms with Gasteiger partial charge in [0.1, 0.15) is 0 Å². The zero-order valence-electron chi connectivity index (χ0n) is 11.3. The minimum Gasteiger partial charge on any atom is -0.353 e. The number of carbonyl (C=O) groups is 1. The van der Waals surface area contributed by atoms with Crippen molar-refractivity contribution in [3.05, 3.63) is 24.0 Å². The molecule has 1 aliphatic rings. The Kier molecular flexibility index (Phi) is 4.42. The molecule has 2 N–H and O–H groups in total. The summed E-state index contributed by atoms with van der Waals surface area (Å²) in [5, 5.41) is 6.41. The highest BCUT2D eigenvalue weighted by Gasteiger charge is 2.22. The summed E-state index contributed by atoms with van der Waals surface area (Å²) in [6.45, 7) is 5.89. The first-order valence-corrected chi connectivity index (χ1v) is 6.82. The van der Waals surface area contributed by atoms with Gasteiger partial charge < -0.3 is 15.2 Å². The lowest BCUT2D eigenvalue weighted by Gasteiger charge is -2.12. The summed E-state index contributed by atoms with van der Waals surface area (Å²) in [4.78, 5) is 11.6. The largest absolute Gasteiger partial charge is 0.353 e. The van der Waals surface area contributed by atoms with Crippen LogP contribution in [0.4, 0.5) is 0 Å². The Bertz CT molecular complexity index is 393. The quantitative estimate of drug-likeness (QED) is 0.772. The third-order valence-electron chi connectivity index (χ3n) is 3.14. The van der Waals surface area contributed by atoms with E-state index < -0.39 is 0 Å². The maximum Gasteiger partial charge on any atom is 0.222 e. The number of aryl methyl sites for hydroxylation is 1. The first-order valence-electron chi connectivity index (χ1n) is 6.82.